The van der Waals surface area contributed by atoms with Gasteiger partial charge in [0, 0.05) is 26.7 Å². The van der Waals surface area contributed by atoms with E-state index in [1.807, 2.05) is 13.8 Å². The summed E-state index contributed by atoms with van der Waals surface area (Å²) in [5.41, 5.74) is 2.98. The summed E-state index contributed by atoms with van der Waals surface area (Å²) in [4.78, 5) is 4.36. The number of sulfonamides is 1. The normalized spacial score (nSPS) is 12.1. The molecule has 0 radical (unpaired) electrons. The third-order valence-electron chi connectivity index (χ3n) is 4.26. The monoisotopic (exact) mass is 406 g/mol. The van der Waals surface area contributed by atoms with E-state index in [-0.39, 0.29) is 17.3 Å². The van der Waals surface area contributed by atoms with Gasteiger partial charge in [0.05, 0.1) is 4.90 Å². The molecular formula is C20H27FN4O2S. The number of aliphatic imine (C=N–C) groups is 1. The van der Waals surface area contributed by atoms with Crippen LogP contribution in [0.15, 0.2) is 52.4 Å². The second-order valence-corrected chi connectivity index (χ2v) is 8.22. The molecule has 0 amide bonds. The minimum Gasteiger partial charge on any atom is -0.356 e. The average molecular weight is 407 g/mol. The predicted octanol–water partition coefficient (Wildman–Crippen LogP) is 2.13. The molecule has 0 bridgehead atoms. The van der Waals surface area contributed by atoms with Gasteiger partial charge in [-0.1, -0.05) is 23.8 Å². The lowest BCUT2D eigenvalue weighted by molar-refractivity contribution is 0.580. The maximum absolute atomic E-state index is 13.1. The van der Waals surface area contributed by atoms with E-state index in [1.165, 1.54) is 12.1 Å². The highest BCUT2D eigenvalue weighted by Gasteiger charge is 2.12. The Kier molecular flexibility index (Phi) is 7.95. The van der Waals surface area contributed by atoms with Crippen molar-refractivity contribution in [3.05, 3.63) is 65.0 Å². The van der Waals surface area contributed by atoms with E-state index >= 15 is 0 Å². The van der Waals surface area contributed by atoms with Gasteiger partial charge in [-0.2, -0.15) is 0 Å². The molecule has 8 heteroatoms. The van der Waals surface area contributed by atoms with Crippen LogP contribution in [0, 0.1) is 19.7 Å². The van der Waals surface area contributed by atoms with Crippen LogP contribution in [-0.4, -0.2) is 41.1 Å². The lowest BCUT2D eigenvalue weighted by atomic mass is 10.1. The topological polar surface area (TPSA) is 82.6 Å². The second kappa shape index (κ2) is 10.2. The van der Waals surface area contributed by atoms with Crippen LogP contribution < -0.4 is 15.4 Å². The number of aryl methyl sites for hydroxylation is 2. The minimum absolute atomic E-state index is 0.230. The number of nitrogens with zero attached hydrogens (tertiary/aromatic N) is 1. The number of halogens is 1. The van der Waals surface area contributed by atoms with Crippen LogP contribution in [0.1, 0.15) is 16.7 Å². The maximum atomic E-state index is 13.1. The lowest BCUT2D eigenvalue weighted by Crippen LogP contribution is -2.42. The van der Waals surface area contributed by atoms with Gasteiger partial charge in [0.2, 0.25) is 10.0 Å². The van der Waals surface area contributed by atoms with Gasteiger partial charge < -0.3 is 10.6 Å². The second-order valence-electron chi connectivity index (χ2n) is 6.46. The van der Waals surface area contributed by atoms with Crippen LogP contribution in [0.2, 0.25) is 0 Å². The van der Waals surface area contributed by atoms with E-state index in [0.717, 1.165) is 23.1 Å². The van der Waals surface area contributed by atoms with E-state index in [9.17, 15) is 12.8 Å². The molecule has 28 heavy (non-hydrogen) atoms. The molecule has 0 unspecified atom stereocenters. The van der Waals surface area contributed by atoms with Crippen LogP contribution >= 0.6 is 0 Å². The van der Waals surface area contributed by atoms with Crippen LogP contribution in [0.5, 0.6) is 0 Å². The number of guanidine groups is 1. The van der Waals surface area contributed by atoms with Gasteiger partial charge in [-0.25, -0.2) is 17.5 Å². The summed E-state index contributed by atoms with van der Waals surface area (Å²) >= 11 is 0. The van der Waals surface area contributed by atoms with Crippen molar-refractivity contribution >= 4 is 16.0 Å². The maximum Gasteiger partial charge on any atom is 0.240 e. The summed E-state index contributed by atoms with van der Waals surface area (Å²) in [6.45, 7) is 5.03. The van der Waals surface area contributed by atoms with Gasteiger partial charge in [-0.3, -0.25) is 4.99 Å². The number of hydrogen-bond donors (Lipinski definition) is 3. The highest BCUT2D eigenvalue weighted by atomic mass is 32.2. The van der Waals surface area contributed by atoms with Crippen LogP contribution in [0.3, 0.4) is 0 Å². The number of rotatable bonds is 8. The summed E-state index contributed by atoms with van der Waals surface area (Å²) in [5.74, 6) is 0.342. The van der Waals surface area contributed by atoms with Crippen LogP contribution in [0.25, 0.3) is 0 Å². The molecule has 0 aromatic heterocycles. The molecule has 0 saturated carbocycles. The van der Waals surface area contributed by atoms with Crippen molar-refractivity contribution in [2.45, 2.75) is 25.2 Å². The summed E-state index contributed by atoms with van der Waals surface area (Å²) < 4.78 is 40.2. The third kappa shape index (κ3) is 6.61. The number of hydrogen-bond acceptors (Lipinski definition) is 3. The molecule has 2 aromatic rings. The van der Waals surface area contributed by atoms with E-state index in [2.05, 4.69) is 20.3 Å². The molecule has 0 spiro atoms. The standard InChI is InChI=1S/C20H27FN4O2S/c1-15-4-8-19(9-5-15)28(26,27)25-13-12-24-20(22-3)23-11-10-17-6-7-18(21)14-16(17)2/h4-9,14,25H,10-13H2,1-3H3,(H2,22,23,24). The summed E-state index contributed by atoms with van der Waals surface area (Å²) in [6, 6.07) is 11.5. The highest BCUT2D eigenvalue weighted by Crippen LogP contribution is 2.10. The molecule has 0 aliphatic rings. The van der Waals surface area contributed by atoms with E-state index in [0.29, 0.717) is 19.0 Å². The van der Waals surface area contributed by atoms with Gasteiger partial charge in [-0.05, 0) is 55.7 Å². The van der Waals surface area contributed by atoms with E-state index in [1.54, 1.807) is 37.4 Å². The molecule has 2 rings (SSSR count). The average Bonchev–Trinajstić information content (AvgIpc) is 2.65. The minimum atomic E-state index is -3.52. The first-order valence-corrected chi connectivity index (χ1v) is 10.6. The van der Waals surface area contributed by atoms with Gasteiger partial charge in [0.15, 0.2) is 5.96 Å². The highest BCUT2D eigenvalue weighted by molar-refractivity contribution is 7.89. The van der Waals surface area contributed by atoms with Crippen molar-refractivity contribution in [1.82, 2.24) is 15.4 Å². The quantitative estimate of drug-likeness (QED) is 0.356. The molecule has 0 aliphatic heterocycles. The van der Waals surface area contributed by atoms with E-state index < -0.39 is 10.0 Å². The zero-order valence-corrected chi connectivity index (χ0v) is 17.2. The first-order chi connectivity index (χ1) is 13.3. The fraction of sp³-hybridized carbons (Fsp3) is 0.350. The van der Waals surface area contributed by atoms with Crippen LogP contribution in [-0.2, 0) is 16.4 Å². The molecule has 0 aliphatic carbocycles. The molecule has 2 aromatic carbocycles. The van der Waals surface area contributed by atoms with Crippen molar-refractivity contribution in [3.63, 3.8) is 0 Å². The smallest absolute Gasteiger partial charge is 0.240 e. The zero-order valence-electron chi connectivity index (χ0n) is 16.4. The SMILES string of the molecule is CN=C(NCCNS(=O)(=O)c1ccc(C)cc1)NCCc1ccc(F)cc1C. The Hall–Kier alpha value is -2.45. The van der Waals surface area contributed by atoms with Crippen molar-refractivity contribution in [2.24, 2.45) is 4.99 Å². The molecule has 0 saturated heterocycles. The molecule has 152 valence electrons. The molecule has 0 heterocycles. The first-order valence-electron chi connectivity index (χ1n) is 9.07. The van der Waals surface area contributed by atoms with Gasteiger partial charge in [0.25, 0.3) is 0 Å². The summed E-state index contributed by atoms with van der Waals surface area (Å²) in [6.07, 6.45) is 0.729. The van der Waals surface area contributed by atoms with Crippen molar-refractivity contribution in [1.29, 1.82) is 0 Å². The molecule has 3 N–H and O–H groups in total. The molecule has 6 nitrogen and oxygen atoms in total. The predicted molar refractivity (Wildman–Crippen MR) is 111 cm³/mol. The van der Waals surface area contributed by atoms with E-state index in [4.69, 9.17) is 0 Å². The number of nitrogens with one attached hydrogen (secondary N) is 3. The Labute approximate surface area is 166 Å². The Morgan fingerprint density at radius 2 is 1.68 bits per heavy atom. The summed E-state index contributed by atoms with van der Waals surface area (Å²) in [5, 5.41) is 6.23. The fourth-order valence-electron chi connectivity index (χ4n) is 2.64. The van der Waals surface area contributed by atoms with Gasteiger partial charge >= 0.3 is 0 Å². The molecule has 0 atom stereocenters. The Morgan fingerprint density at radius 3 is 2.32 bits per heavy atom. The third-order valence-corrected chi connectivity index (χ3v) is 5.73. The van der Waals surface area contributed by atoms with Gasteiger partial charge in [0.1, 0.15) is 5.82 Å². The Bertz CT molecular complexity index is 912. The van der Waals surface area contributed by atoms with Crippen molar-refractivity contribution in [3.8, 4) is 0 Å². The fourth-order valence-corrected chi connectivity index (χ4v) is 3.67. The number of benzene rings is 2. The van der Waals surface area contributed by atoms with Crippen molar-refractivity contribution in [2.75, 3.05) is 26.7 Å². The largest absolute Gasteiger partial charge is 0.356 e. The first kappa shape index (κ1) is 21.8. The van der Waals surface area contributed by atoms with Gasteiger partial charge in [-0.15, -0.1) is 0 Å². The Balaban J connectivity index is 1.74. The molecule has 0 fully saturated rings. The molecular weight excluding hydrogens is 379 g/mol. The lowest BCUT2D eigenvalue weighted by Gasteiger charge is -2.13. The summed E-state index contributed by atoms with van der Waals surface area (Å²) in [7, 11) is -1.88. The van der Waals surface area contributed by atoms with Crippen LogP contribution in [0.4, 0.5) is 4.39 Å². The Morgan fingerprint density at radius 1 is 1.00 bits per heavy atom. The zero-order chi connectivity index (χ0) is 20.6. The van der Waals surface area contributed by atoms with Crippen molar-refractivity contribution < 1.29 is 12.8 Å².